The number of piperidine rings is 1. The molecule has 1 aromatic rings. The van der Waals surface area contributed by atoms with Gasteiger partial charge in [-0.2, -0.15) is 0 Å². The highest BCUT2D eigenvalue weighted by Gasteiger charge is 2.34. The summed E-state index contributed by atoms with van der Waals surface area (Å²) < 4.78 is 0. The van der Waals surface area contributed by atoms with E-state index in [1.54, 1.807) is 0 Å². The van der Waals surface area contributed by atoms with Gasteiger partial charge in [-0.3, -0.25) is 4.79 Å². The van der Waals surface area contributed by atoms with Crippen molar-refractivity contribution in [3.05, 3.63) is 28.5 Å². The maximum atomic E-state index is 11.9. The van der Waals surface area contributed by atoms with Crippen LogP contribution in [0.3, 0.4) is 0 Å². The molecule has 0 spiro atoms. The molecule has 1 aliphatic carbocycles. The van der Waals surface area contributed by atoms with Crippen molar-refractivity contribution >= 4 is 22.9 Å². The number of nitrogens with one attached hydrogen (secondary N) is 1. The molecule has 0 aromatic carbocycles. The first-order valence-corrected chi connectivity index (χ1v) is 13.0. The molecule has 5 heteroatoms. The zero-order valence-corrected chi connectivity index (χ0v) is 19.7. The predicted molar refractivity (Wildman–Crippen MR) is 129 cm³/mol. The second-order valence-electron chi connectivity index (χ2n) is 9.15. The Bertz CT molecular complexity index is 684. The number of thiophene rings is 1. The van der Waals surface area contributed by atoms with E-state index in [0.29, 0.717) is 31.5 Å². The van der Waals surface area contributed by atoms with Crippen LogP contribution in [0, 0.1) is 5.92 Å². The van der Waals surface area contributed by atoms with Crippen molar-refractivity contribution in [1.82, 2.24) is 10.2 Å². The number of carbonyl (C=O) groups is 1. The summed E-state index contributed by atoms with van der Waals surface area (Å²) in [5.74, 6) is 1.55. The summed E-state index contributed by atoms with van der Waals surface area (Å²) in [6, 6.07) is 3.11. The fraction of sp³-hybridized carbons (Fsp3) is 0.720. The molecule has 0 bridgehead atoms. The monoisotopic (exact) mass is 431 g/mol. The first kappa shape index (κ1) is 23.3. The lowest BCUT2D eigenvalue weighted by Crippen LogP contribution is -2.45. The molecule has 2 fully saturated rings. The van der Waals surface area contributed by atoms with E-state index in [9.17, 15) is 4.79 Å². The molecule has 1 saturated heterocycles. The first-order valence-electron chi connectivity index (χ1n) is 12.1. The van der Waals surface area contributed by atoms with E-state index >= 15 is 0 Å². The highest BCUT2D eigenvalue weighted by atomic mass is 32.1. The number of fused-ring (bicyclic) bond motifs is 1. The van der Waals surface area contributed by atoms with Gasteiger partial charge in [-0.15, -0.1) is 11.3 Å². The van der Waals surface area contributed by atoms with Crippen LogP contribution < -0.4 is 11.1 Å². The van der Waals surface area contributed by atoms with Crippen LogP contribution in [0.4, 0.5) is 0 Å². The maximum absolute atomic E-state index is 11.9. The van der Waals surface area contributed by atoms with Gasteiger partial charge in [0.05, 0.1) is 0 Å². The first-order chi connectivity index (χ1) is 14.6. The summed E-state index contributed by atoms with van der Waals surface area (Å²) in [5, 5.41) is 5.20. The minimum atomic E-state index is 0.128. The Morgan fingerprint density at radius 3 is 2.90 bits per heavy atom. The Morgan fingerprint density at radius 2 is 2.10 bits per heavy atom. The van der Waals surface area contributed by atoms with E-state index in [1.807, 2.05) is 11.3 Å². The van der Waals surface area contributed by atoms with Gasteiger partial charge < -0.3 is 16.0 Å². The molecule has 168 valence electrons. The van der Waals surface area contributed by atoms with Crippen molar-refractivity contribution in [2.75, 3.05) is 19.6 Å². The molecule has 0 radical (unpaired) electrons. The van der Waals surface area contributed by atoms with E-state index in [4.69, 9.17) is 5.73 Å². The fourth-order valence-electron chi connectivity index (χ4n) is 5.43. The molecule has 3 atom stereocenters. The van der Waals surface area contributed by atoms with Crippen LogP contribution in [0.5, 0.6) is 0 Å². The topological polar surface area (TPSA) is 58.4 Å². The van der Waals surface area contributed by atoms with Crippen LogP contribution in [-0.2, 0) is 4.79 Å². The number of nitrogens with two attached hydrogens (primary N) is 1. The number of likely N-dealkylation sites (tertiary alicyclic amines) is 1. The standard InChI is InChI=1S/C25H41N3OS/c1-3-8-21(10-6-13-25(29)27-15-14-26)24-17-22(18-30-24)19(2)28-16-7-11-20-9-4-5-12-23(20)28/h17-18,20-21,23H,2-16,26H2,1H3,(H,27,29). The van der Waals surface area contributed by atoms with Gasteiger partial charge in [0.25, 0.3) is 0 Å². The van der Waals surface area contributed by atoms with Gasteiger partial charge in [-0.05, 0) is 62.8 Å². The Kier molecular flexibility index (Phi) is 9.26. The van der Waals surface area contributed by atoms with Crippen molar-refractivity contribution in [3.63, 3.8) is 0 Å². The number of rotatable bonds is 11. The van der Waals surface area contributed by atoms with Gasteiger partial charge in [-0.1, -0.05) is 32.8 Å². The van der Waals surface area contributed by atoms with Gasteiger partial charge >= 0.3 is 0 Å². The number of hydrogen-bond acceptors (Lipinski definition) is 4. The van der Waals surface area contributed by atoms with E-state index in [1.165, 1.54) is 74.0 Å². The molecule has 1 saturated carbocycles. The molecule has 3 rings (SSSR count). The maximum Gasteiger partial charge on any atom is 0.220 e. The molecule has 3 unspecified atom stereocenters. The quantitative estimate of drug-likeness (QED) is 0.486. The molecule has 1 amide bonds. The third-order valence-electron chi connectivity index (χ3n) is 7.01. The Morgan fingerprint density at radius 1 is 1.30 bits per heavy atom. The largest absolute Gasteiger partial charge is 0.368 e. The highest BCUT2D eigenvalue weighted by Crippen LogP contribution is 2.40. The molecular weight excluding hydrogens is 390 g/mol. The van der Waals surface area contributed by atoms with Crippen LogP contribution in [-0.4, -0.2) is 36.5 Å². The van der Waals surface area contributed by atoms with Gasteiger partial charge in [0.15, 0.2) is 0 Å². The minimum absolute atomic E-state index is 0.128. The zero-order chi connectivity index (χ0) is 21.3. The van der Waals surface area contributed by atoms with Crippen molar-refractivity contribution in [2.45, 2.75) is 89.5 Å². The smallest absolute Gasteiger partial charge is 0.220 e. The molecule has 2 aliphatic rings. The molecule has 1 aromatic heterocycles. The third-order valence-corrected chi connectivity index (χ3v) is 8.10. The number of hydrogen-bond donors (Lipinski definition) is 2. The third kappa shape index (κ3) is 6.10. The fourth-order valence-corrected chi connectivity index (χ4v) is 6.52. The molecule has 2 heterocycles. The van der Waals surface area contributed by atoms with Gasteiger partial charge in [0.2, 0.25) is 5.91 Å². The lowest BCUT2D eigenvalue weighted by atomic mass is 9.78. The minimum Gasteiger partial charge on any atom is -0.368 e. The van der Waals surface area contributed by atoms with Gasteiger partial charge in [0.1, 0.15) is 0 Å². The average molecular weight is 432 g/mol. The lowest BCUT2D eigenvalue weighted by molar-refractivity contribution is -0.121. The van der Waals surface area contributed by atoms with Crippen molar-refractivity contribution < 1.29 is 4.79 Å². The van der Waals surface area contributed by atoms with Gasteiger partial charge in [0, 0.05) is 53.6 Å². The molecule has 1 aliphatic heterocycles. The van der Waals surface area contributed by atoms with Crippen molar-refractivity contribution in [3.8, 4) is 0 Å². The van der Waals surface area contributed by atoms with Crippen molar-refractivity contribution in [1.29, 1.82) is 0 Å². The SMILES string of the molecule is C=C(c1csc(C(CCC)CCCC(=O)NCCN)c1)N1CCCC2CCCCC21. The molecule has 3 N–H and O–H groups in total. The number of carbonyl (C=O) groups excluding carboxylic acids is 1. The van der Waals surface area contributed by atoms with Gasteiger partial charge in [-0.25, -0.2) is 0 Å². The Labute approximate surface area is 187 Å². The molecular formula is C25H41N3OS. The summed E-state index contributed by atoms with van der Waals surface area (Å²) in [7, 11) is 0. The molecule has 30 heavy (non-hydrogen) atoms. The van der Waals surface area contributed by atoms with Crippen LogP contribution >= 0.6 is 11.3 Å². The summed E-state index contributed by atoms with van der Waals surface area (Å²) >= 11 is 1.89. The van der Waals surface area contributed by atoms with Crippen LogP contribution in [0.25, 0.3) is 5.70 Å². The van der Waals surface area contributed by atoms with E-state index < -0.39 is 0 Å². The Balaban J connectivity index is 1.59. The summed E-state index contributed by atoms with van der Waals surface area (Å²) in [6.07, 6.45) is 13.2. The number of nitrogens with zero attached hydrogens (tertiary/aromatic N) is 1. The summed E-state index contributed by atoms with van der Waals surface area (Å²) in [6.45, 7) is 9.05. The second-order valence-corrected chi connectivity index (χ2v) is 10.1. The highest BCUT2D eigenvalue weighted by molar-refractivity contribution is 7.10. The normalized spacial score (nSPS) is 22.4. The average Bonchev–Trinajstić information content (AvgIpc) is 3.26. The lowest BCUT2D eigenvalue weighted by Gasteiger charge is -2.46. The van der Waals surface area contributed by atoms with Crippen molar-refractivity contribution in [2.24, 2.45) is 11.7 Å². The van der Waals surface area contributed by atoms with Crippen LogP contribution in [0.15, 0.2) is 18.0 Å². The van der Waals surface area contributed by atoms with E-state index in [2.05, 4.69) is 35.2 Å². The summed E-state index contributed by atoms with van der Waals surface area (Å²) in [5.41, 5.74) is 8.03. The zero-order valence-electron chi connectivity index (χ0n) is 18.8. The number of amides is 1. The Hall–Kier alpha value is -1.33. The second kappa shape index (κ2) is 11.9. The van der Waals surface area contributed by atoms with E-state index in [-0.39, 0.29) is 5.91 Å². The predicted octanol–water partition coefficient (Wildman–Crippen LogP) is 5.50. The van der Waals surface area contributed by atoms with Crippen LogP contribution in [0.1, 0.15) is 93.9 Å². The van der Waals surface area contributed by atoms with E-state index in [0.717, 1.165) is 18.8 Å². The summed E-state index contributed by atoms with van der Waals surface area (Å²) in [4.78, 5) is 16.0. The molecule has 4 nitrogen and oxygen atoms in total. The van der Waals surface area contributed by atoms with Crippen LogP contribution in [0.2, 0.25) is 0 Å².